The highest BCUT2D eigenvalue weighted by Gasteiger charge is 2.22. The summed E-state index contributed by atoms with van der Waals surface area (Å²) in [4.78, 5) is 0. The van der Waals surface area contributed by atoms with Gasteiger partial charge in [0.1, 0.15) is 6.10 Å². The lowest BCUT2D eigenvalue weighted by Gasteiger charge is -2.29. The van der Waals surface area contributed by atoms with Crippen molar-refractivity contribution in [2.45, 2.75) is 51.7 Å². The number of ether oxygens (including phenoxy) is 2. The van der Waals surface area contributed by atoms with Crippen LogP contribution in [0.5, 0.6) is 0 Å². The van der Waals surface area contributed by atoms with Crippen LogP contribution in [-0.2, 0) is 15.9 Å². The van der Waals surface area contributed by atoms with E-state index in [1.54, 1.807) is 0 Å². The molecule has 0 radical (unpaired) electrons. The second-order valence-corrected chi connectivity index (χ2v) is 6.61. The van der Waals surface area contributed by atoms with Gasteiger partial charge in [0.2, 0.25) is 0 Å². The Morgan fingerprint density at radius 2 is 1.50 bits per heavy atom. The van der Waals surface area contributed by atoms with Gasteiger partial charge in [-0.25, -0.2) is 0 Å². The van der Waals surface area contributed by atoms with Crippen LogP contribution in [0.25, 0.3) is 11.1 Å². The van der Waals surface area contributed by atoms with Crippen molar-refractivity contribution in [1.82, 2.24) is 0 Å². The maximum absolute atomic E-state index is 5.94. The maximum atomic E-state index is 5.94. The normalized spacial score (nSPS) is 20.9. The first kappa shape index (κ1) is 17.2. The van der Waals surface area contributed by atoms with Gasteiger partial charge < -0.3 is 9.47 Å². The molecule has 0 saturated carbocycles. The van der Waals surface area contributed by atoms with Gasteiger partial charge in [0, 0.05) is 0 Å². The summed E-state index contributed by atoms with van der Waals surface area (Å²) in [7, 11) is 0. The lowest BCUT2D eigenvalue weighted by atomic mass is 9.99. The first-order valence-electron chi connectivity index (χ1n) is 9.22. The Morgan fingerprint density at radius 1 is 0.833 bits per heavy atom. The minimum absolute atomic E-state index is 0.0678. The summed E-state index contributed by atoms with van der Waals surface area (Å²) in [6.07, 6.45) is 5.02. The molecular formula is C22H28O2. The van der Waals surface area contributed by atoms with E-state index in [0.717, 1.165) is 6.42 Å². The van der Waals surface area contributed by atoms with Crippen molar-refractivity contribution < 1.29 is 9.47 Å². The highest BCUT2D eigenvalue weighted by atomic mass is 16.6. The van der Waals surface area contributed by atoms with Crippen molar-refractivity contribution >= 4 is 0 Å². The zero-order valence-corrected chi connectivity index (χ0v) is 14.8. The number of benzene rings is 2. The summed E-state index contributed by atoms with van der Waals surface area (Å²) in [5.41, 5.74) is 5.15. The molecule has 0 spiro atoms. The lowest BCUT2D eigenvalue weighted by Crippen LogP contribution is -2.30. The van der Waals surface area contributed by atoms with E-state index in [-0.39, 0.29) is 12.2 Å². The van der Waals surface area contributed by atoms with Crippen molar-refractivity contribution in [3.8, 4) is 11.1 Å². The van der Waals surface area contributed by atoms with Crippen LogP contribution in [0, 0.1) is 0 Å². The predicted molar refractivity (Wildman–Crippen MR) is 99.2 cm³/mol. The van der Waals surface area contributed by atoms with E-state index < -0.39 is 0 Å². The molecule has 2 aromatic carbocycles. The highest BCUT2D eigenvalue weighted by molar-refractivity contribution is 5.64. The molecule has 0 amide bonds. The van der Waals surface area contributed by atoms with E-state index in [1.807, 2.05) is 0 Å². The monoisotopic (exact) mass is 324 g/mol. The largest absolute Gasteiger partial charge is 0.373 e. The molecule has 1 aliphatic heterocycles. The Bertz CT molecular complexity index is 607. The van der Waals surface area contributed by atoms with Crippen LogP contribution in [0.4, 0.5) is 0 Å². The van der Waals surface area contributed by atoms with E-state index in [9.17, 15) is 0 Å². The molecule has 128 valence electrons. The molecular weight excluding hydrogens is 296 g/mol. The van der Waals surface area contributed by atoms with Crippen LogP contribution >= 0.6 is 0 Å². The molecule has 0 N–H and O–H groups in total. The summed E-state index contributed by atoms with van der Waals surface area (Å²) in [5.74, 6) is 0. The Morgan fingerprint density at radius 3 is 2.04 bits per heavy atom. The molecule has 2 aromatic rings. The molecule has 2 atom stereocenters. The molecule has 0 bridgehead atoms. The summed E-state index contributed by atoms with van der Waals surface area (Å²) < 4.78 is 11.8. The lowest BCUT2D eigenvalue weighted by molar-refractivity contribution is -0.135. The van der Waals surface area contributed by atoms with E-state index in [0.29, 0.717) is 13.2 Å². The van der Waals surface area contributed by atoms with Crippen LogP contribution in [0.1, 0.15) is 50.3 Å². The average Bonchev–Trinajstić information content (AvgIpc) is 2.67. The number of hydrogen-bond donors (Lipinski definition) is 0. The molecule has 0 aromatic heterocycles. The fourth-order valence-corrected chi connectivity index (χ4v) is 3.11. The third-order valence-electron chi connectivity index (χ3n) is 4.81. The van der Waals surface area contributed by atoms with Crippen molar-refractivity contribution in [3.05, 3.63) is 59.7 Å². The van der Waals surface area contributed by atoms with Gasteiger partial charge in [-0.3, -0.25) is 0 Å². The fraction of sp³-hybridized carbons (Fsp3) is 0.455. The number of hydrogen-bond acceptors (Lipinski definition) is 2. The fourth-order valence-electron chi connectivity index (χ4n) is 3.11. The molecule has 1 heterocycles. The zero-order chi connectivity index (χ0) is 16.8. The van der Waals surface area contributed by atoms with Gasteiger partial charge in [-0.15, -0.1) is 0 Å². The van der Waals surface area contributed by atoms with Crippen LogP contribution in [0.15, 0.2) is 48.5 Å². The molecule has 24 heavy (non-hydrogen) atoms. The van der Waals surface area contributed by atoms with Crippen LogP contribution < -0.4 is 0 Å². The van der Waals surface area contributed by atoms with E-state index in [2.05, 4.69) is 62.4 Å². The van der Waals surface area contributed by atoms with Crippen molar-refractivity contribution in [2.24, 2.45) is 0 Å². The minimum atomic E-state index is 0.0678. The summed E-state index contributed by atoms with van der Waals surface area (Å²) >= 11 is 0. The Kier molecular flexibility index (Phi) is 6.06. The standard InChI is InChI=1S/C22H28O2/c1-3-5-6-17-7-9-18(10-8-17)19-11-13-20(14-12-19)22-16-23-21(4-2)15-24-22/h7-14,21-22H,3-6,15-16H2,1-2H3/t21-,22-/m1/s1. The average molecular weight is 324 g/mol. The van der Waals surface area contributed by atoms with Gasteiger partial charge >= 0.3 is 0 Å². The van der Waals surface area contributed by atoms with E-state index in [4.69, 9.17) is 9.47 Å². The van der Waals surface area contributed by atoms with Gasteiger partial charge in [-0.2, -0.15) is 0 Å². The predicted octanol–water partition coefficient (Wildman–Crippen LogP) is 5.56. The smallest absolute Gasteiger partial charge is 0.106 e. The highest BCUT2D eigenvalue weighted by Crippen LogP contribution is 2.27. The molecule has 1 aliphatic rings. The molecule has 1 saturated heterocycles. The maximum Gasteiger partial charge on any atom is 0.106 e. The molecule has 2 nitrogen and oxygen atoms in total. The Balaban J connectivity index is 1.64. The number of aryl methyl sites for hydroxylation is 1. The Labute approximate surface area is 145 Å². The first-order valence-corrected chi connectivity index (χ1v) is 9.22. The molecule has 3 rings (SSSR count). The third-order valence-corrected chi connectivity index (χ3v) is 4.81. The van der Waals surface area contributed by atoms with Crippen molar-refractivity contribution in [1.29, 1.82) is 0 Å². The van der Waals surface area contributed by atoms with Crippen LogP contribution in [-0.4, -0.2) is 19.3 Å². The van der Waals surface area contributed by atoms with Gasteiger partial charge in [-0.05, 0) is 41.5 Å². The summed E-state index contributed by atoms with van der Waals surface area (Å²) in [5, 5.41) is 0. The topological polar surface area (TPSA) is 18.5 Å². The molecule has 0 unspecified atom stereocenters. The van der Waals surface area contributed by atoms with Gasteiger partial charge in [-0.1, -0.05) is 68.8 Å². The third kappa shape index (κ3) is 4.25. The summed E-state index contributed by atoms with van der Waals surface area (Å²) in [6.45, 7) is 5.72. The zero-order valence-electron chi connectivity index (χ0n) is 14.8. The molecule has 1 fully saturated rings. The Hall–Kier alpha value is -1.64. The second-order valence-electron chi connectivity index (χ2n) is 6.61. The van der Waals surface area contributed by atoms with Gasteiger partial charge in [0.25, 0.3) is 0 Å². The summed E-state index contributed by atoms with van der Waals surface area (Å²) in [6, 6.07) is 17.7. The molecule has 0 aliphatic carbocycles. The second kappa shape index (κ2) is 8.46. The van der Waals surface area contributed by atoms with Gasteiger partial charge in [0.05, 0.1) is 19.3 Å². The molecule has 2 heteroatoms. The van der Waals surface area contributed by atoms with Crippen LogP contribution in [0.2, 0.25) is 0 Å². The number of unbranched alkanes of at least 4 members (excludes halogenated alkanes) is 1. The quantitative estimate of drug-likeness (QED) is 0.692. The number of rotatable bonds is 6. The first-order chi connectivity index (χ1) is 11.8. The van der Waals surface area contributed by atoms with E-state index in [1.165, 1.54) is 41.5 Å². The van der Waals surface area contributed by atoms with Gasteiger partial charge in [0.15, 0.2) is 0 Å². The van der Waals surface area contributed by atoms with Crippen LogP contribution in [0.3, 0.4) is 0 Å². The SMILES string of the molecule is CCCCc1ccc(-c2ccc([C@H]3CO[C@H](CC)CO3)cc2)cc1. The van der Waals surface area contributed by atoms with E-state index >= 15 is 0 Å². The van der Waals surface area contributed by atoms with Crippen molar-refractivity contribution in [3.63, 3.8) is 0 Å². The van der Waals surface area contributed by atoms with Crippen molar-refractivity contribution in [2.75, 3.05) is 13.2 Å². The minimum Gasteiger partial charge on any atom is -0.373 e.